The maximum atomic E-state index is 10.1. The van der Waals surface area contributed by atoms with Crippen LogP contribution in [0.3, 0.4) is 0 Å². The van der Waals surface area contributed by atoms with Crippen LogP contribution in [-0.2, 0) is 0 Å². The third-order valence-electron chi connectivity index (χ3n) is 7.77. The minimum Gasteiger partial charge on any atom is -0.378 e. The monoisotopic (exact) mass is 498 g/mol. The highest BCUT2D eigenvalue weighted by Gasteiger charge is 2.19. The summed E-state index contributed by atoms with van der Waals surface area (Å²) in [5, 5.41) is 20.1. The lowest BCUT2D eigenvalue weighted by molar-refractivity contribution is -0.104. The molecule has 2 N–H and O–H groups in total. The van der Waals surface area contributed by atoms with E-state index < -0.39 is 12.5 Å². The molecule has 0 saturated heterocycles. The largest absolute Gasteiger partial charge is 0.378 e. The summed E-state index contributed by atoms with van der Waals surface area (Å²) < 4.78 is 0. The average Bonchev–Trinajstić information content (AvgIpc) is 2.88. The van der Waals surface area contributed by atoms with Gasteiger partial charge in [0.2, 0.25) is 0 Å². The van der Waals surface area contributed by atoms with E-state index in [9.17, 15) is 10.2 Å². The number of aliphatic hydroxyl groups is 2. The van der Waals surface area contributed by atoms with Crippen LogP contribution >= 0.6 is 0 Å². The number of hydrogen-bond donors (Lipinski definition) is 2. The number of unbranched alkanes of at least 4 members (excludes halogenated alkanes) is 23. The summed E-state index contributed by atoms with van der Waals surface area (Å²) in [4.78, 5) is 1.86. The minimum atomic E-state index is -0.505. The molecule has 0 aliphatic heterocycles. The van der Waals surface area contributed by atoms with Gasteiger partial charge >= 0.3 is 0 Å². The number of rotatable bonds is 29. The van der Waals surface area contributed by atoms with Gasteiger partial charge in [0.1, 0.15) is 12.5 Å². The summed E-state index contributed by atoms with van der Waals surface area (Å²) in [6, 6.07) is 0. The van der Waals surface area contributed by atoms with Crippen LogP contribution in [-0.4, -0.2) is 34.1 Å². The Hall–Kier alpha value is -0.120. The van der Waals surface area contributed by atoms with Crippen molar-refractivity contribution in [2.45, 2.75) is 200 Å². The summed E-state index contributed by atoms with van der Waals surface area (Å²) in [6.07, 6.45) is 34.1. The number of nitrogens with zero attached hydrogens (tertiary/aromatic N) is 1. The van der Waals surface area contributed by atoms with Crippen LogP contribution in [0.5, 0.6) is 0 Å². The zero-order valence-corrected chi connectivity index (χ0v) is 24.6. The van der Waals surface area contributed by atoms with Gasteiger partial charge in [0, 0.05) is 6.54 Å². The van der Waals surface area contributed by atoms with Crippen molar-refractivity contribution >= 4 is 0 Å². The van der Waals surface area contributed by atoms with Crippen LogP contribution in [0, 0.1) is 0 Å². The van der Waals surface area contributed by atoms with Crippen LogP contribution in [0.25, 0.3) is 0 Å². The Morgan fingerprint density at radius 1 is 0.371 bits per heavy atom. The zero-order chi connectivity index (χ0) is 25.8. The topological polar surface area (TPSA) is 43.7 Å². The molecule has 0 heterocycles. The molecule has 0 saturated carbocycles. The Bertz CT molecular complexity index is 380. The van der Waals surface area contributed by atoms with Gasteiger partial charge in [-0.25, -0.2) is 0 Å². The molecule has 0 aromatic carbocycles. The molecule has 3 heteroatoms. The predicted octanol–water partition coefficient (Wildman–Crippen LogP) is 10.1. The van der Waals surface area contributed by atoms with Crippen molar-refractivity contribution < 1.29 is 10.2 Å². The molecule has 0 radical (unpaired) electrons. The van der Waals surface area contributed by atoms with Gasteiger partial charge in [0.15, 0.2) is 0 Å². The van der Waals surface area contributed by atoms with Crippen molar-refractivity contribution in [1.82, 2.24) is 4.90 Å². The highest BCUT2D eigenvalue weighted by atomic mass is 16.3. The van der Waals surface area contributed by atoms with E-state index in [0.717, 1.165) is 13.0 Å². The molecule has 3 nitrogen and oxygen atoms in total. The van der Waals surface area contributed by atoms with E-state index in [1.165, 1.54) is 148 Å². The van der Waals surface area contributed by atoms with E-state index in [-0.39, 0.29) is 0 Å². The highest BCUT2D eigenvalue weighted by Crippen LogP contribution is 2.16. The second kappa shape index (κ2) is 28.5. The molecule has 35 heavy (non-hydrogen) atoms. The lowest BCUT2D eigenvalue weighted by atomic mass is 10.0. The van der Waals surface area contributed by atoms with E-state index in [4.69, 9.17) is 0 Å². The van der Waals surface area contributed by atoms with Crippen molar-refractivity contribution in [2.24, 2.45) is 0 Å². The van der Waals surface area contributed by atoms with Crippen molar-refractivity contribution in [3.63, 3.8) is 0 Å². The molecule has 0 aromatic heterocycles. The summed E-state index contributed by atoms with van der Waals surface area (Å²) in [5.41, 5.74) is 0. The number of hydrogen-bond acceptors (Lipinski definition) is 3. The Kier molecular flexibility index (Phi) is 28.4. The third kappa shape index (κ3) is 24.0. The third-order valence-corrected chi connectivity index (χ3v) is 7.77. The van der Waals surface area contributed by atoms with Gasteiger partial charge < -0.3 is 10.2 Å². The molecule has 0 aromatic rings. The first-order chi connectivity index (χ1) is 17.2. The van der Waals surface area contributed by atoms with Gasteiger partial charge in [-0.3, -0.25) is 4.90 Å². The van der Waals surface area contributed by atoms with Crippen molar-refractivity contribution in [2.75, 3.05) is 6.54 Å². The van der Waals surface area contributed by atoms with Gasteiger partial charge in [-0.2, -0.15) is 0 Å². The van der Waals surface area contributed by atoms with Gasteiger partial charge in [-0.1, -0.05) is 168 Å². The molecular weight excluding hydrogens is 430 g/mol. The summed E-state index contributed by atoms with van der Waals surface area (Å²) in [6.45, 7) is 7.05. The van der Waals surface area contributed by atoms with Crippen molar-refractivity contribution in [3.8, 4) is 0 Å². The molecule has 0 spiro atoms. The van der Waals surface area contributed by atoms with E-state index >= 15 is 0 Å². The molecule has 212 valence electrons. The smallest absolute Gasteiger partial charge is 0.109 e. The maximum absolute atomic E-state index is 10.1. The molecule has 0 bridgehead atoms. The van der Waals surface area contributed by atoms with Crippen LogP contribution in [0.1, 0.15) is 188 Å². The van der Waals surface area contributed by atoms with Gasteiger partial charge in [0.05, 0.1) is 0 Å². The number of aliphatic hydroxyl groups excluding tert-OH is 2. The van der Waals surface area contributed by atoms with Crippen LogP contribution in [0.4, 0.5) is 0 Å². The van der Waals surface area contributed by atoms with E-state index in [2.05, 4.69) is 6.92 Å². The summed E-state index contributed by atoms with van der Waals surface area (Å²) in [5.74, 6) is 0. The van der Waals surface area contributed by atoms with Crippen LogP contribution in [0.15, 0.2) is 0 Å². The molecular formula is C32H67NO2. The predicted molar refractivity (Wildman–Crippen MR) is 156 cm³/mol. The van der Waals surface area contributed by atoms with Crippen LogP contribution in [0.2, 0.25) is 0 Å². The van der Waals surface area contributed by atoms with Crippen molar-refractivity contribution in [3.05, 3.63) is 0 Å². The normalized spacial score (nSPS) is 13.5. The molecule has 0 aliphatic rings. The fourth-order valence-electron chi connectivity index (χ4n) is 5.22. The molecule has 0 fully saturated rings. The van der Waals surface area contributed by atoms with Gasteiger partial charge in [-0.15, -0.1) is 0 Å². The standard InChI is InChI=1S/C32H67NO2/c1-4-7-8-9-10-11-12-13-14-15-16-17-18-19-20-21-22-23-24-25-26-27-28-29-30-33(31(34)5-2)32(35)6-3/h31-32,34-35H,4-30H2,1-3H3. The maximum Gasteiger partial charge on any atom is 0.109 e. The van der Waals surface area contributed by atoms with E-state index in [1.54, 1.807) is 0 Å². The summed E-state index contributed by atoms with van der Waals surface area (Å²) in [7, 11) is 0. The molecule has 2 atom stereocenters. The van der Waals surface area contributed by atoms with Crippen molar-refractivity contribution in [1.29, 1.82) is 0 Å². The molecule has 0 rings (SSSR count). The second-order valence-electron chi connectivity index (χ2n) is 11.1. The molecule has 0 amide bonds. The molecule has 2 unspecified atom stereocenters. The van der Waals surface area contributed by atoms with Gasteiger partial charge in [-0.05, 0) is 19.3 Å². The lowest BCUT2D eigenvalue weighted by Gasteiger charge is -2.31. The first-order valence-electron chi connectivity index (χ1n) is 16.3. The minimum absolute atomic E-state index is 0.505. The van der Waals surface area contributed by atoms with Gasteiger partial charge in [0.25, 0.3) is 0 Å². The fourth-order valence-corrected chi connectivity index (χ4v) is 5.22. The quantitative estimate of drug-likeness (QED) is 0.0797. The SMILES string of the molecule is CCCCCCCCCCCCCCCCCCCCCCCCCCN(C(O)CC)C(O)CC. The first kappa shape index (κ1) is 34.9. The van der Waals surface area contributed by atoms with E-state index in [0.29, 0.717) is 12.8 Å². The Morgan fingerprint density at radius 2 is 0.600 bits per heavy atom. The Balaban J connectivity index is 3.23. The zero-order valence-electron chi connectivity index (χ0n) is 24.6. The molecule has 0 aliphatic carbocycles. The van der Waals surface area contributed by atoms with E-state index in [1.807, 2.05) is 18.7 Å². The highest BCUT2D eigenvalue weighted by molar-refractivity contribution is 4.64. The summed E-state index contributed by atoms with van der Waals surface area (Å²) >= 11 is 0. The fraction of sp³-hybridized carbons (Fsp3) is 1.00. The second-order valence-corrected chi connectivity index (χ2v) is 11.1. The lowest BCUT2D eigenvalue weighted by Crippen LogP contribution is -2.43. The Morgan fingerprint density at radius 3 is 0.829 bits per heavy atom. The Labute approximate surface area is 221 Å². The average molecular weight is 498 g/mol. The van der Waals surface area contributed by atoms with Crippen LogP contribution < -0.4 is 0 Å². The first-order valence-corrected chi connectivity index (χ1v) is 16.3.